The van der Waals surface area contributed by atoms with Gasteiger partial charge in [0.1, 0.15) is 10.5 Å². The van der Waals surface area contributed by atoms with E-state index in [0.717, 1.165) is 5.56 Å². The zero-order valence-corrected chi connectivity index (χ0v) is 15.0. The van der Waals surface area contributed by atoms with Crippen molar-refractivity contribution in [2.75, 3.05) is 0 Å². The number of ether oxygens (including phenoxy) is 1. The second-order valence-corrected chi connectivity index (χ2v) is 7.80. The highest BCUT2D eigenvalue weighted by Gasteiger charge is 2.25. The third kappa shape index (κ3) is 4.80. The first-order valence-electron chi connectivity index (χ1n) is 6.92. The molecular weight excluding hydrogens is 355 g/mol. The summed E-state index contributed by atoms with van der Waals surface area (Å²) >= 11 is 12.7. The third-order valence-corrected chi connectivity index (χ3v) is 6.09. The molecule has 0 N–H and O–H groups in total. The van der Waals surface area contributed by atoms with E-state index in [0.29, 0.717) is 16.2 Å². The summed E-state index contributed by atoms with van der Waals surface area (Å²) < 4.78 is 16.7. The zero-order valence-electron chi connectivity index (χ0n) is 12.7. The maximum atomic E-state index is 12.5. The summed E-state index contributed by atoms with van der Waals surface area (Å²) in [6, 6.07) is 14.0. The number of hydrogen-bond donors (Lipinski definition) is 0. The molecule has 2 rings (SSSR count). The summed E-state index contributed by atoms with van der Waals surface area (Å²) in [5.74, 6) is 0.0340. The van der Waals surface area contributed by atoms with Crippen LogP contribution in [0.4, 0.5) is 0 Å². The van der Waals surface area contributed by atoms with Gasteiger partial charge in [0.05, 0.1) is 16.2 Å². The third-order valence-electron chi connectivity index (χ3n) is 3.15. The fourth-order valence-corrected chi connectivity index (χ4v) is 3.87. The van der Waals surface area contributed by atoms with E-state index in [1.54, 1.807) is 36.4 Å². The summed E-state index contributed by atoms with van der Waals surface area (Å²) in [7, 11) is -1.43. The molecule has 3 nitrogen and oxygen atoms in total. The molecule has 0 aromatic heterocycles. The van der Waals surface area contributed by atoms with Crippen LogP contribution in [-0.4, -0.2) is 14.9 Å². The Labute approximate surface area is 148 Å². The lowest BCUT2D eigenvalue weighted by Gasteiger charge is -2.16. The van der Waals surface area contributed by atoms with Crippen LogP contribution in [0.3, 0.4) is 0 Å². The molecule has 122 valence electrons. The van der Waals surface area contributed by atoms with Gasteiger partial charge in [-0.05, 0) is 36.8 Å². The number of esters is 1. The molecule has 0 saturated heterocycles. The Morgan fingerprint density at radius 3 is 2.13 bits per heavy atom. The fraction of sp³-hybridized carbons (Fsp3) is 0.235. The average Bonchev–Trinajstić information content (AvgIpc) is 2.53. The van der Waals surface area contributed by atoms with Gasteiger partial charge in [-0.3, -0.25) is 9.00 Å². The lowest BCUT2D eigenvalue weighted by Crippen LogP contribution is -2.14. The van der Waals surface area contributed by atoms with Gasteiger partial charge in [0.2, 0.25) is 0 Å². The molecule has 23 heavy (non-hydrogen) atoms. The van der Waals surface area contributed by atoms with Crippen molar-refractivity contribution >= 4 is 40.0 Å². The number of hydrogen-bond acceptors (Lipinski definition) is 3. The van der Waals surface area contributed by atoms with Crippen molar-refractivity contribution in [3.63, 3.8) is 0 Å². The van der Waals surface area contributed by atoms with E-state index in [1.807, 2.05) is 19.1 Å². The van der Waals surface area contributed by atoms with Crippen LogP contribution in [0.1, 0.15) is 23.4 Å². The molecule has 0 saturated carbocycles. The second-order valence-electron chi connectivity index (χ2n) is 5.03. The summed E-state index contributed by atoms with van der Waals surface area (Å²) in [5, 5.41) is -0.634. The molecule has 3 atom stereocenters. The SMILES string of the molecule is CC(=O)Oc1ccc([C@@H](Cl)[C@@H](Cl)S(=O)c2ccc(C)cc2)cc1. The fourth-order valence-electron chi connectivity index (χ4n) is 1.95. The Morgan fingerprint density at radius 1 is 1.04 bits per heavy atom. The van der Waals surface area contributed by atoms with Crippen molar-refractivity contribution in [3.05, 3.63) is 59.7 Å². The number of aryl methyl sites for hydroxylation is 1. The lowest BCUT2D eigenvalue weighted by atomic mass is 10.1. The van der Waals surface area contributed by atoms with Crippen molar-refractivity contribution in [1.82, 2.24) is 0 Å². The van der Waals surface area contributed by atoms with E-state index in [4.69, 9.17) is 27.9 Å². The Morgan fingerprint density at radius 2 is 1.61 bits per heavy atom. The molecule has 0 fully saturated rings. The molecule has 0 spiro atoms. The van der Waals surface area contributed by atoms with Gasteiger partial charge in [-0.15, -0.1) is 23.2 Å². The summed E-state index contributed by atoms with van der Waals surface area (Å²) in [6.07, 6.45) is 0. The summed E-state index contributed by atoms with van der Waals surface area (Å²) in [5.41, 5.74) is 1.79. The number of carbonyl (C=O) groups excluding carboxylic acids is 1. The number of halogens is 2. The molecule has 0 amide bonds. The van der Waals surface area contributed by atoms with Crippen LogP contribution in [-0.2, 0) is 15.6 Å². The Hall–Kier alpha value is -1.36. The van der Waals surface area contributed by atoms with Crippen molar-refractivity contribution in [1.29, 1.82) is 0 Å². The minimum absolute atomic E-state index is 0.393. The van der Waals surface area contributed by atoms with E-state index in [9.17, 15) is 9.00 Å². The van der Waals surface area contributed by atoms with Gasteiger partial charge in [-0.2, -0.15) is 0 Å². The van der Waals surface area contributed by atoms with Crippen molar-refractivity contribution in [2.24, 2.45) is 0 Å². The van der Waals surface area contributed by atoms with Gasteiger partial charge in [0.15, 0.2) is 0 Å². The number of alkyl halides is 2. The predicted octanol–water partition coefficient (Wildman–Crippen LogP) is 4.57. The second kappa shape index (κ2) is 7.95. The van der Waals surface area contributed by atoms with Crippen LogP contribution in [0.5, 0.6) is 5.75 Å². The number of carbonyl (C=O) groups is 1. The molecule has 0 radical (unpaired) electrons. The molecule has 2 aromatic carbocycles. The normalized spacial score (nSPS) is 14.8. The average molecular weight is 371 g/mol. The smallest absolute Gasteiger partial charge is 0.308 e. The van der Waals surface area contributed by atoms with Crippen molar-refractivity contribution < 1.29 is 13.7 Å². The van der Waals surface area contributed by atoms with Crippen LogP contribution in [0.15, 0.2) is 53.4 Å². The molecule has 2 aromatic rings. The zero-order chi connectivity index (χ0) is 17.0. The highest BCUT2D eigenvalue weighted by atomic mass is 35.5. The molecular formula is C17H16Cl2O3S. The maximum Gasteiger partial charge on any atom is 0.308 e. The molecule has 1 unspecified atom stereocenters. The maximum absolute atomic E-state index is 12.5. The summed E-state index contributed by atoms with van der Waals surface area (Å²) in [4.78, 5) is 11.5. The molecule has 0 aliphatic heterocycles. The monoisotopic (exact) mass is 370 g/mol. The van der Waals surface area contributed by atoms with Crippen LogP contribution in [0.25, 0.3) is 0 Å². The first-order valence-corrected chi connectivity index (χ1v) is 9.01. The molecule has 0 aliphatic rings. The van der Waals surface area contributed by atoms with Crippen LogP contribution < -0.4 is 4.74 Å². The highest BCUT2D eigenvalue weighted by molar-refractivity contribution is 7.87. The molecule has 0 aliphatic carbocycles. The minimum atomic E-state index is -1.43. The standard InChI is InChI=1S/C17H16Cl2O3S/c1-11-3-9-15(10-4-11)23(21)17(19)16(18)13-5-7-14(8-6-13)22-12(2)20/h3-10,16-17H,1-2H3/t16-,17+,23?/m1/s1. The number of rotatable bonds is 5. The Kier molecular flexibility index (Phi) is 6.22. The Bertz CT molecular complexity index is 699. The van der Waals surface area contributed by atoms with E-state index >= 15 is 0 Å². The summed E-state index contributed by atoms with van der Waals surface area (Å²) in [6.45, 7) is 3.29. The highest BCUT2D eigenvalue weighted by Crippen LogP contribution is 2.33. The van der Waals surface area contributed by atoms with Gasteiger partial charge in [0, 0.05) is 11.8 Å². The van der Waals surface area contributed by atoms with Crippen molar-refractivity contribution in [3.8, 4) is 5.75 Å². The van der Waals surface area contributed by atoms with E-state index in [-0.39, 0.29) is 0 Å². The largest absolute Gasteiger partial charge is 0.427 e. The van der Waals surface area contributed by atoms with Crippen LogP contribution in [0, 0.1) is 6.92 Å². The van der Waals surface area contributed by atoms with Gasteiger partial charge in [-0.25, -0.2) is 0 Å². The molecule has 6 heteroatoms. The molecule has 0 bridgehead atoms. The van der Waals surface area contributed by atoms with Crippen LogP contribution >= 0.6 is 23.2 Å². The first-order chi connectivity index (χ1) is 10.9. The molecule has 0 heterocycles. The van der Waals surface area contributed by atoms with Gasteiger partial charge in [0.25, 0.3) is 0 Å². The quantitative estimate of drug-likeness (QED) is 0.439. The number of benzene rings is 2. The van der Waals surface area contributed by atoms with E-state index in [2.05, 4.69) is 0 Å². The van der Waals surface area contributed by atoms with Gasteiger partial charge >= 0.3 is 5.97 Å². The predicted molar refractivity (Wildman–Crippen MR) is 93.6 cm³/mol. The van der Waals surface area contributed by atoms with E-state index in [1.165, 1.54) is 6.92 Å². The lowest BCUT2D eigenvalue weighted by molar-refractivity contribution is -0.131. The van der Waals surface area contributed by atoms with Crippen LogP contribution in [0.2, 0.25) is 0 Å². The van der Waals surface area contributed by atoms with E-state index < -0.39 is 26.9 Å². The minimum Gasteiger partial charge on any atom is -0.427 e. The first kappa shape index (κ1) is 18.0. The Balaban J connectivity index is 2.12. The van der Waals surface area contributed by atoms with Crippen molar-refractivity contribution in [2.45, 2.75) is 28.8 Å². The topological polar surface area (TPSA) is 43.4 Å². The van der Waals surface area contributed by atoms with Gasteiger partial charge < -0.3 is 4.74 Å². The van der Waals surface area contributed by atoms with Gasteiger partial charge in [-0.1, -0.05) is 29.8 Å².